The number of nitrogens with zero attached hydrogens (tertiary/aromatic N) is 1. The van der Waals surface area contributed by atoms with Crippen LogP contribution >= 0.6 is 23.1 Å². The van der Waals surface area contributed by atoms with Crippen LogP contribution in [0.1, 0.15) is 5.56 Å². The minimum atomic E-state index is -3.74. The van der Waals surface area contributed by atoms with E-state index < -0.39 is 10.0 Å². The zero-order valence-corrected chi connectivity index (χ0v) is 18.9. The number of nitrogens with one attached hydrogen (secondary N) is 3. The topological polar surface area (TPSA) is 117 Å². The summed E-state index contributed by atoms with van der Waals surface area (Å²) in [6.45, 7) is 1.96. The molecule has 31 heavy (non-hydrogen) atoms. The van der Waals surface area contributed by atoms with Gasteiger partial charge in [0.15, 0.2) is 5.13 Å². The van der Waals surface area contributed by atoms with Crippen molar-refractivity contribution in [3.63, 3.8) is 0 Å². The molecule has 0 unspecified atom stereocenters. The Morgan fingerprint density at radius 1 is 0.935 bits per heavy atom. The van der Waals surface area contributed by atoms with Gasteiger partial charge in [0, 0.05) is 23.0 Å². The van der Waals surface area contributed by atoms with Gasteiger partial charge in [-0.05, 0) is 43.3 Å². The predicted octanol–water partition coefficient (Wildman–Crippen LogP) is 3.56. The first-order valence-corrected chi connectivity index (χ1v) is 12.6. The number of aromatic nitrogens is 1. The first-order valence-electron chi connectivity index (χ1n) is 9.08. The number of thiazole rings is 1. The Balaban J connectivity index is 1.44. The van der Waals surface area contributed by atoms with Crippen molar-refractivity contribution < 1.29 is 18.0 Å². The fraction of sp³-hybridized carbons (Fsp3) is 0.150. The third-order valence-electron chi connectivity index (χ3n) is 3.90. The molecule has 2 amide bonds. The van der Waals surface area contributed by atoms with Crippen molar-refractivity contribution in [3.05, 3.63) is 65.7 Å². The van der Waals surface area contributed by atoms with E-state index in [1.54, 1.807) is 5.38 Å². The van der Waals surface area contributed by atoms with Gasteiger partial charge in [-0.1, -0.05) is 17.7 Å². The predicted molar refractivity (Wildman–Crippen MR) is 125 cm³/mol. The van der Waals surface area contributed by atoms with Crippen LogP contribution in [-0.2, 0) is 19.6 Å². The number of sulfonamides is 1. The quantitative estimate of drug-likeness (QED) is 0.435. The number of anilines is 3. The van der Waals surface area contributed by atoms with Crippen LogP contribution in [0.3, 0.4) is 0 Å². The normalized spacial score (nSPS) is 11.0. The summed E-state index contributed by atoms with van der Waals surface area (Å²) >= 11 is 2.36. The number of rotatable bonds is 9. The van der Waals surface area contributed by atoms with Gasteiger partial charge in [-0.15, -0.1) is 23.1 Å². The molecule has 0 fully saturated rings. The molecule has 0 saturated heterocycles. The van der Waals surface area contributed by atoms with Gasteiger partial charge in [0.25, 0.3) is 10.0 Å². The summed E-state index contributed by atoms with van der Waals surface area (Å²) in [7, 11) is -3.74. The smallest absolute Gasteiger partial charge is 0.263 e. The van der Waals surface area contributed by atoms with E-state index in [1.807, 2.05) is 31.2 Å². The van der Waals surface area contributed by atoms with E-state index in [-0.39, 0.29) is 33.3 Å². The summed E-state index contributed by atoms with van der Waals surface area (Å²) < 4.78 is 27.0. The van der Waals surface area contributed by atoms with Crippen LogP contribution in [0.25, 0.3) is 0 Å². The van der Waals surface area contributed by atoms with Gasteiger partial charge >= 0.3 is 0 Å². The van der Waals surface area contributed by atoms with E-state index in [1.165, 1.54) is 53.6 Å². The standard InChI is InChI=1S/C20H20N4O4S3/c1-14-2-4-15(5-3-14)22-18(25)12-29-13-19(26)23-16-6-8-17(9-7-16)31(27,28)24-20-21-10-11-30-20/h2-11H,12-13H2,1H3,(H,21,24)(H,22,25)(H,23,26). The Kier molecular flexibility index (Phi) is 7.66. The highest BCUT2D eigenvalue weighted by Crippen LogP contribution is 2.19. The van der Waals surface area contributed by atoms with E-state index in [2.05, 4.69) is 20.3 Å². The largest absolute Gasteiger partial charge is 0.325 e. The number of aryl methyl sites for hydroxylation is 1. The van der Waals surface area contributed by atoms with Crippen molar-refractivity contribution in [1.29, 1.82) is 0 Å². The molecule has 3 N–H and O–H groups in total. The van der Waals surface area contributed by atoms with Crippen molar-refractivity contribution in [2.24, 2.45) is 0 Å². The molecule has 0 radical (unpaired) electrons. The van der Waals surface area contributed by atoms with Crippen molar-refractivity contribution in [3.8, 4) is 0 Å². The Morgan fingerprint density at radius 3 is 2.00 bits per heavy atom. The number of carbonyl (C=O) groups is 2. The van der Waals surface area contributed by atoms with Crippen LogP contribution in [0.4, 0.5) is 16.5 Å². The highest BCUT2D eigenvalue weighted by Gasteiger charge is 2.15. The van der Waals surface area contributed by atoms with E-state index >= 15 is 0 Å². The first-order chi connectivity index (χ1) is 14.8. The SMILES string of the molecule is Cc1ccc(NC(=O)CSCC(=O)Nc2ccc(S(=O)(=O)Nc3nccs3)cc2)cc1. The third kappa shape index (κ3) is 7.09. The summed E-state index contributed by atoms with van der Waals surface area (Å²) in [5, 5.41) is 7.40. The van der Waals surface area contributed by atoms with Crippen LogP contribution in [0.5, 0.6) is 0 Å². The molecule has 0 saturated carbocycles. The molecular weight excluding hydrogens is 456 g/mol. The maximum Gasteiger partial charge on any atom is 0.263 e. The van der Waals surface area contributed by atoms with Gasteiger partial charge in [0.05, 0.1) is 16.4 Å². The van der Waals surface area contributed by atoms with Crippen LogP contribution in [0.15, 0.2) is 65.0 Å². The van der Waals surface area contributed by atoms with Gasteiger partial charge in [-0.3, -0.25) is 14.3 Å². The second-order valence-electron chi connectivity index (χ2n) is 6.42. The first kappa shape index (κ1) is 22.8. The fourth-order valence-electron chi connectivity index (χ4n) is 2.43. The average molecular weight is 477 g/mol. The van der Waals surface area contributed by atoms with Crippen molar-refractivity contribution in [2.45, 2.75) is 11.8 Å². The lowest BCUT2D eigenvalue weighted by Crippen LogP contribution is -2.18. The molecule has 1 aromatic heterocycles. The number of benzene rings is 2. The minimum Gasteiger partial charge on any atom is -0.325 e. The molecule has 162 valence electrons. The molecule has 8 nitrogen and oxygen atoms in total. The number of hydrogen-bond acceptors (Lipinski definition) is 7. The Bertz CT molecular complexity index is 1130. The molecule has 0 atom stereocenters. The summed E-state index contributed by atoms with van der Waals surface area (Å²) in [4.78, 5) is 28.0. The number of hydrogen-bond donors (Lipinski definition) is 3. The zero-order valence-electron chi connectivity index (χ0n) is 16.5. The maximum absolute atomic E-state index is 12.3. The molecule has 0 spiro atoms. The van der Waals surface area contributed by atoms with E-state index in [4.69, 9.17) is 0 Å². The minimum absolute atomic E-state index is 0.0582. The molecule has 2 aromatic carbocycles. The van der Waals surface area contributed by atoms with Crippen molar-refractivity contribution >= 4 is 61.4 Å². The molecule has 3 rings (SSSR count). The van der Waals surface area contributed by atoms with Crippen LogP contribution in [0, 0.1) is 6.92 Å². The third-order valence-corrected chi connectivity index (χ3v) is 7.01. The summed E-state index contributed by atoms with van der Waals surface area (Å²) in [5.41, 5.74) is 2.27. The lowest BCUT2D eigenvalue weighted by Gasteiger charge is -2.08. The number of carbonyl (C=O) groups excluding carboxylic acids is 2. The average Bonchev–Trinajstić information content (AvgIpc) is 3.22. The monoisotopic (exact) mass is 476 g/mol. The van der Waals surface area contributed by atoms with E-state index in [9.17, 15) is 18.0 Å². The van der Waals surface area contributed by atoms with Crippen molar-refractivity contribution in [1.82, 2.24) is 4.98 Å². The lowest BCUT2D eigenvalue weighted by molar-refractivity contribution is -0.114. The Labute approximate surface area is 188 Å². The molecule has 0 bridgehead atoms. The van der Waals surface area contributed by atoms with Gasteiger partial charge in [-0.25, -0.2) is 13.4 Å². The van der Waals surface area contributed by atoms with Crippen LogP contribution < -0.4 is 15.4 Å². The maximum atomic E-state index is 12.3. The van der Waals surface area contributed by atoms with Gasteiger partial charge in [0.1, 0.15) is 0 Å². The van der Waals surface area contributed by atoms with Gasteiger partial charge < -0.3 is 10.6 Å². The number of amides is 2. The zero-order chi connectivity index (χ0) is 22.3. The molecule has 0 aliphatic rings. The molecule has 11 heteroatoms. The highest BCUT2D eigenvalue weighted by atomic mass is 32.2. The molecule has 3 aromatic rings. The highest BCUT2D eigenvalue weighted by molar-refractivity contribution is 8.00. The van der Waals surface area contributed by atoms with E-state index in [0.29, 0.717) is 11.4 Å². The fourth-order valence-corrected chi connectivity index (χ4v) is 4.84. The van der Waals surface area contributed by atoms with Crippen LogP contribution in [-0.4, -0.2) is 36.7 Å². The second-order valence-corrected chi connectivity index (χ2v) is 9.98. The van der Waals surface area contributed by atoms with E-state index in [0.717, 1.165) is 5.56 Å². The van der Waals surface area contributed by atoms with Gasteiger partial charge in [-0.2, -0.15) is 0 Å². The van der Waals surface area contributed by atoms with Gasteiger partial charge in [0.2, 0.25) is 11.8 Å². The van der Waals surface area contributed by atoms with Crippen LogP contribution in [0.2, 0.25) is 0 Å². The molecule has 0 aliphatic carbocycles. The second kappa shape index (κ2) is 10.4. The lowest BCUT2D eigenvalue weighted by atomic mass is 10.2. The van der Waals surface area contributed by atoms with Crippen molar-refractivity contribution in [2.75, 3.05) is 26.9 Å². The molecule has 0 aliphatic heterocycles. The molecule has 1 heterocycles. The summed E-state index contributed by atoms with van der Waals surface area (Å²) in [5.74, 6) is -0.248. The summed E-state index contributed by atoms with van der Waals surface area (Å²) in [6.07, 6.45) is 1.51. The molecular formula is C20H20N4O4S3. The Morgan fingerprint density at radius 2 is 1.48 bits per heavy atom. The Hall–Kier alpha value is -2.89. The summed E-state index contributed by atoms with van der Waals surface area (Å²) in [6, 6.07) is 13.2. The number of thioether (sulfide) groups is 1.